The Morgan fingerprint density at radius 1 is 1.44 bits per heavy atom. The van der Waals surface area contributed by atoms with E-state index in [0.717, 1.165) is 10.6 Å². The normalized spacial score (nSPS) is 19.2. The molecule has 0 aliphatic carbocycles. The van der Waals surface area contributed by atoms with Gasteiger partial charge in [0.15, 0.2) is 6.10 Å². The molecular weight excluding hydrogens is 248 g/mol. The van der Waals surface area contributed by atoms with Crippen molar-refractivity contribution >= 4 is 17.2 Å². The number of carbonyl (C=O) groups excluding carboxylic acids is 1. The van der Waals surface area contributed by atoms with Crippen LogP contribution in [0.25, 0.3) is 0 Å². The first-order valence-corrected chi connectivity index (χ1v) is 6.59. The van der Waals surface area contributed by atoms with Crippen LogP contribution in [0, 0.1) is 0 Å². The molecule has 2 heterocycles. The van der Waals surface area contributed by atoms with Gasteiger partial charge in [0.05, 0.1) is 6.61 Å². The second kappa shape index (κ2) is 4.88. The maximum Gasteiger partial charge on any atom is 0.252 e. The van der Waals surface area contributed by atoms with Gasteiger partial charge < -0.3 is 10.1 Å². The Balaban J connectivity index is 1.86. The van der Waals surface area contributed by atoms with Crippen LogP contribution in [0.3, 0.4) is 0 Å². The summed E-state index contributed by atoms with van der Waals surface area (Å²) < 4.78 is 5.00. The molecule has 2 atom stereocenters. The Morgan fingerprint density at radius 2 is 2.22 bits per heavy atom. The number of benzene rings is 1. The number of nitrogens with zero attached hydrogens (tertiary/aromatic N) is 1. The Kier molecular flexibility index (Phi) is 3.08. The van der Waals surface area contributed by atoms with Crippen LogP contribution in [0.2, 0.25) is 0 Å². The van der Waals surface area contributed by atoms with Crippen LogP contribution in [-0.2, 0) is 9.53 Å². The molecule has 2 unspecified atom stereocenters. The molecule has 3 rings (SSSR count). The number of rotatable bonds is 4. The first-order valence-electron chi connectivity index (χ1n) is 5.71. The van der Waals surface area contributed by atoms with Crippen molar-refractivity contribution in [3.63, 3.8) is 0 Å². The molecule has 1 aliphatic heterocycles. The quantitative estimate of drug-likeness (QED) is 0.852. The molecule has 4 nitrogen and oxygen atoms in total. The molecule has 2 aromatic rings. The van der Waals surface area contributed by atoms with Crippen molar-refractivity contribution in [3.8, 4) is 0 Å². The highest BCUT2D eigenvalue weighted by Gasteiger charge is 2.33. The lowest BCUT2D eigenvalue weighted by Gasteiger charge is -2.16. The molecule has 5 heteroatoms. The molecule has 1 aromatic heterocycles. The van der Waals surface area contributed by atoms with Crippen LogP contribution in [-0.4, -0.2) is 23.6 Å². The van der Waals surface area contributed by atoms with E-state index < -0.39 is 0 Å². The third-order valence-corrected chi connectivity index (χ3v) is 3.58. The van der Waals surface area contributed by atoms with Crippen LogP contribution in [0.15, 0.2) is 41.9 Å². The molecule has 1 aliphatic rings. The lowest BCUT2D eigenvalue weighted by atomic mass is 10.1. The second-order valence-electron chi connectivity index (χ2n) is 4.04. The summed E-state index contributed by atoms with van der Waals surface area (Å²) in [5, 5.41) is 5.77. The van der Waals surface area contributed by atoms with Gasteiger partial charge in [-0.2, -0.15) is 0 Å². The minimum Gasteiger partial charge on any atom is -0.363 e. The Labute approximate surface area is 109 Å². The molecule has 1 amide bonds. The summed E-state index contributed by atoms with van der Waals surface area (Å²) in [4.78, 5) is 16.1. The highest BCUT2D eigenvalue weighted by atomic mass is 32.1. The van der Waals surface area contributed by atoms with E-state index in [1.54, 1.807) is 6.20 Å². The average Bonchev–Trinajstić information content (AvgIpc) is 3.13. The van der Waals surface area contributed by atoms with E-state index in [9.17, 15) is 4.79 Å². The first kappa shape index (κ1) is 11.4. The summed E-state index contributed by atoms with van der Waals surface area (Å²) in [6.45, 7) is 0.519. The van der Waals surface area contributed by atoms with Crippen LogP contribution >= 0.6 is 11.3 Å². The van der Waals surface area contributed by atoms with Crippen LogP contribution in [0.5, 0.6) is 0 Å². The van der Waals surface area contributed by atoms with Gasteiger partial charge in [-0.25, -0.2) is 4.98 Å². The number of amides is 1. The standard InChI is InChI=1S/C13H12N2O2S/c16-12(10-8-17-10)15-11(13-14-6-7-18-13)9-4-2-1-3-5-9/h1-7,10-11H,8H2,(H,15,16). The average molecular weight is 260 g/mol. The van der Waals surface area contributed by atoms with E-state index in [0.29, 0.717) is 6.61 Å². The molecular formula is C13H12N2O2S. The van der Waals surface area contributed by atoms with Crippen molar-refractivity contribution in [2.45, 2.75) is 12.1 Å². The minimum atomic E-state index is -0.281. The maximum absolute atomic E-state index is 11.8. The number of hydrogen-bond acceptors (Lipinski definition) is 4. The van der Waals surface area contributed by atoms with Gasteiger partial charge in [0.25, 0.3) is 5.91 Å². The van der Waals surface area contributed by atoms with Crippen molar-refractivity contribution in [2.75, 3.05) is 6.61 Å². The summed E-state index contributed by atoms with van der Waals surface area (Å²) in [6.07, 6.45) is 1.46. The zero-order chi connectivity index (χ0) is 12.4. The third kappa shape index (κ3) is 2.42. The minimum absolute atomic E-state index is 0.0703. The number of thiazole rings is 1. The number of carbonyl (C=O) groups is 1. The van der Waals surface area contributed by atoms with Crippen molar-refractivity contribution in [2.24, 2.45) is 0 Å². The van der Waals surface area contributed by atoms with Gasteiger partial charge in [0.2, 0.25) is 0 Å². The number of epoxide rings is 1. The molecule has 1 saturated heterocycles. The Morgan fingerprint density at radius 3 is 2.83 bits per heavy atom. The lowest BCUT2D eigenvalue weighted by molar-refractivity contribution is -0.122. The van der Waals surface area contributed by atoms with E-state index >= 15 is 0 Å². The van der Waals surface area contributed by atoms with Gasteiger partial charge in [0.1, 0.15) is 11.0 Å². The van der Waals surface area contributed by atoms with Gasteiger partial charge in [0, 0.05) is 11.6 Å². The molecule has 0 spiro atoms. The number of aromatic nitrogens is 1. The fourth-order valence-corrected chi connectivity index (χ4v) is 2.46. The molecule has 0 radical (unpaired) electrons. The molecule has 1 N–H and O–H groups in total. The summed E-state index contributed by atoms with van der Waals surface area (Å²) in [6, 6.07) is 9.64. The maximum atomic E-state index is 11.8. The van der Waals surface area contributed by atoms with E-state index in [-0.39, 0.29) is 18.1 Å². The van der Waals surface area contributed by atoms with Crippen molar-refractivity contribution < 1.29 is 9.53 Å². The van der Waals surface area contributed by atoms with Gasteiger partial charge in [-0.1, -0.05) is 30.3 Å². The number of hydrogen-bond donors (Lipinski definition) is 1. The van der Waals surface area contributed by atoms with E-state index in [1.165, 1.54) is 11.3 Å². The number of ether oxygens (including phenoxy) is 1. The molecule has 18 heavy (non-hydrogen) atoms. The van der Waals surface area contributed by atoms with E-state index in [2.05, 4.69) is 10.3 Å². The van der Waals surface area contributed by atoms with Gasteiger partial charge >= 0.3 is 0 Å². The fourth-order valence-electron chi connectivity index (χ4n) is 1.74. The topological polar surface area (TPSA) is 54.5 Å². The predicted molar refractivity (Wildman–Crippen MR) is 68.3 cm³/mol. The van der Waals surface area contributed by atoms with Crippen LogP contribution in [0.1, 0.15) is 16.6 Å². The largest absolute Gasteiger partial charge is 0.363 e. The predicted octanol–water partition coefficient (Wildman–Crippen LogP) is 1.75. The van der Waals surface area contributed by atoms with Gasteiger partial charge in [-0.3, -0.25) is 4.79 Å². The molecule has 1 fully saturated rings. The summed E-state index contributed by atoms with van der Waals surface area (Å²) in [5.74, 6) is -0.0703. The Bertz CT molecular complexity index is 523. The fraction of sp³-hybridized carbons (Fsp3) is 0.231. The lowest BCUT2D eigenvalue weighted by Crippen LogP contribution is -2.32. The first-order chi connectivity index (χ1) is 8.84. The molecule has 1 aromatic carbocycles. The van der Waals surface area contributed by atoms with Crippen LogP contribution < -0.4 is 5.32 Å². The van der Waals surface area contributed by atoms with Crippen molar-refractivity contribution in [1.82, 2.24) is 10.3 Å². The molecule has 0 saturated carbocycles. The zero-order valence-electron chi connectivity index (χ0n) is 9.58. The molecule has 92 valence electrons. The third-order valence-electron chi connectivity index (χ3n) is 2.74. The monoisotopic (exact) mass is 260 g/mol. The van der Waals surface area contributed by atoms with Crippen LogP contribution in [0.4, 0.5) is 0 Å². The highest BCUT2D eigenvalue weighted by Crippen LogP contribution is 2.24. The van der Waals surface area contributed by atoms with Gasteiger partial charge in [-0.15, -0.1) is 11.3 Å². The second-order valence-corrected chi connectivity index (χ2v) is 4.97. The van der Waals surface area contributed by atoms with E-state index in [4.69, 9.17) is 4.74 Å². The highest BCUT2D eigenvalue weighted by molar-refractivity contribution is 7.09. The van der Waals surface area contributed by atoms with E-state index in [1.807, 2.05) is 35.7 Å². The van der Waals surface area contributed by atoms with Crippen molar-refractivity contribution in [1.29, 1.82) is 0 Å². The zero-order valence-corrected chi connectivity index (χ0v) is 10.4. The van der Waals surface area contributed by atoms with Crippen molar-refractivity contribution in [3.05, 3.63) is 52.5 Å². The number of nitrogens with one attached hydrogen (secondary N) is 1. The Hall–Kier alpha value is -1.72. The molecule has 0 bridgehead atoms. The summed E-state index contributed by atoms with van der Waals surface area (Å²) in [7, 11) is 0. The van der Waals surface area contributed by atoms with Gasteiger partial charge in [-0.05, 0) is 5.56 Å². The SMILES string of the molecule is O=C(NC(c1ccccc1)c1nccs1)C1CO1. The summed E-state index contributed by atoms with van der Waals surface area (Å²) in [5.41, 5.74) is 1.03. The smallest absolute Gasteiger partial charge is 0.252 e. The summed E-state index contributed by atoms with van der Waals surface area (Å²) >= 11 is 1.53.